The van der Waals surface area contributed by atoms with Crippen molar-refractivity contribution < 1.29 is 43.0 Å². The van der Waals surface area contributed by atoms with E-state index in [1.807, 2.05) is 18.2 Å². The fraction of sp³-hybridized carbons (Fsp3) is 0.787. The van der Waals surface area contributed by atoms with E-state index in [2.05, 4.69) is 36.6 Å². The highest BCUT2D eigenvalue weighted by Gasteiger charge is 2.22. The molecule has 57 heavy (non-hydrogen) atoms. The van der Waals surface area contributed by atoms with Crippen LogP contribution >= 0.6 is 7.82 Å². The Kier molecular flexibility index (Phi) is 40.6. The first-order chi connectivity index (χ1) is 27.7. The summed E-state index contributed by atoms with van der Waals surface area (Å²) < 4.78 is 26.4. The van der Waals surface area contributed by atoms with Gasteiger partial charge in [0.05, 0.1) is 12.7 Å². The smallest absolute Gasteiger partial charge is 0.462 e. The van der Waals surface area contributed by atoms with Gasteiger partial charge in [0, 0.05) is 12.8 Å². The van der Waals surface area contributed by atoms with Crippen molar-refractivity contribution in [2.75, 3.05) is 13.2 Å². The molecule has 0 aromatic rings. The molecule has 0 amide bonds. The molecule has 332 valence electrons. The predicted molar refractivity (Wildman–Crippen MR) is 236 cm³/mol. The molecular formula is C47H85O9P. The second kappa shape index (κ2) is 42.1. The number of hydrogen-bond acceptors (Lipinski definition) is 7. The third-order valence-electron chi connectivity index (χ3n) is 9.93. The van der Waals surface area contributed by atoms with Gasteiger partial charge in [0.1, 0.15) is 6.61 Å². The van der Waals surface area contributed by atoms with Crippen LogP contribution in [0.2, 0.25) is 0 Å². The highest BCUT2D eigenvalue weighted by atomic mass is 31.2. The number of unbranched alkanes of at least 4 members (excludes halogenated alkanes) is 24. The molecule has 0 spiro atoms. The van der Waals surface area contributed by atoms with Crippen LogP contribution < -0.4 is 0 Å². The number of carbonyl (C=O) groups excluding carboxylic acids is 2. The molecule has 0 radical (unpaired) electrons. The Balaban J connectivity index is 3.99. The van der Waals surface area contributed by atoms with Crippen LogP contribution in [-0.4, -0.2) is 52.3 Å². The molecule has 0 aromatic heterocycles. The quantitative estimate of drug-likeness (QED) is 0.0180. The minimum Gasteiger partial charge on any atom is -0.462 e. The van der Waals surface area contributed by atoms with Gasteiger partial charge in [-0.25, -0.2) is 4.57 Å². The van der Waals surface area contributed by atoms with Crippen LogP contribution in [0.15, 0.2) is 48.6 Å². The monoisotopic (exact) mass is 825 g/mol. The van der Waals surface area contributed by atoms with Gasteiger partial charge >= 0.3 is 19.8 Å². The number of allylic oxidation sites excluding steroid dienone is 6. The number of phosphoric ester groups is 1. The van der Waals surface area contributed by atoms with Gasteiger partial charge in [0.15, 0.2) is 6.10 Å². The van der Waals surface area contributed by atoms with E-state index in [1.165, 1.54) is 128 Å². The summed E-state index contributed by atoms with van der Waals surface area (Å²) in [5, 5.41) is 10.1. The molecule has 9 nitrogen and oxygen atoms in total. The molecule has 0 aromatic carbocycles. The number of carbonyl (C=O) groups is 2. The first-order valence-electron chi connectivity index (χ1n) is 23.0. The molecule has 0 saturated heterocycles. The fourth-order valence-electron chi connectivity index (χ4n) is 6.45. The van der Waals surface area contributed by atoms with Crippen LogP contribution in [0.5, 0.6) is 0 Å². The zero-order chi connectivity index (χ0) is 41.9. The molecule has 0 aliphatic carbocycles. The fourth-order valence-corrected chi connectivity index (χ4v) is 6.81. The van der Waals surface area contributed by atoms with E-state index < -0.39 is 38.6 Å². The molecule has 0 aliphatic rings. The topological polar surface area (TPSA) is 140 Å². The summed E-state index contributed by atoms with van der Waals surface area (Å²) in [5.41, 5.74) is 0. The summed E-state index contributed by atoms with van der Waals surface area (Å²) in [6.07, 6.45) is 48.7. The first-order valence-corrected chi connectivity index (χ1v) is 24.6. The normalized spacial score (nSPS) is 13.4. The molecular weight excluding hydrogens is 739 g/mol. The van der Waals surface area contributed by atoms with Gasteiger partial charge in [-0.3, -0.25) is 14.1 Å². The summed E-state index contributed by atoms with van der Waals surface area (Å²) in [6, 6.07) is 0. The van der Waals surface area contributed by atoms with Crippen LogP contribution in [0.1, 0.15) is 213 Å². The highest BCUT2D eigenvalue weighted by molar-refractivity contribution is 7.46. The largest absolute Gasteiger partial charge is 0.469 e. The van der Waals surface area contributed by atoms with E-state index in [1.54, 1.807) is 12.2 Å². The van der Waals surface area contributed by atoms with Crippen molar-refractivity contribution in [2.24, 2.45) is 0 Å². The minimum absolute atomic E-state index is 0.133. The van der Waals surface area contributed by atoms with Crippen molar-refractivity contribution in [3.63, 3.8) is 0 Å². The molecule has 0 heterocycles. The lowest BCUT2D eigenvalue weighted by Gasteiger charge is -2.18. The SMILES string of the molecule is CCCCC/C=C\C/C=C\CC(O)/C=C\C=C\CCCC(=O)OC[C@H](COP(=O)(O)O)OC(=O)CCCCCCCCCCCCCCCCCCCCCCC. The van der Waals surface area contributed by atoms with Crippen molar-refractivity contribution in [2.45, 2.75) is 225 Å². The van der Waals surface area contributed by atoms with E-state index in [0.29, 0.717) is 25.7 Å². The number of aliphatic hydroxyl groups excluding tert-OH is 1. The molecule has 3 N–H and O–H groups in total. The molecule has 0 bridgehead atoms. The third-order valence-corrected chi connectivity index (χ3v) is 10.4. The number of ether oxygens (including phenoxy) is 2. The average molecular weight is 825 g/mol. The van der Waals surface area contributed by atoms with Gasteiger partial charge in [-0.15, -0.1) is 0 Å². The minimum atomic E-state index is -4.79. The first kappa shape index (κ1) is 55.0. The standard InChI is InChI=1S/C47H85O9P/c1-3-5-7-9-11-13-14-15-16-17-18-19-20-21-22-23-24-26-28-32-37-41-47(50)56-45(43-55-57(51,52)53)42-54-46(49)40-36-33-29-31-35-39-44(48)38-34-30-27-25-12-10-8-6-4-2/h12,25,29-31,34-35,39,44-45,48H,3-11,13-24,26-28,32-33,36-38,40-43H2,1-2H3,(H2,51,52,53)/b25-12-,31-29+,34-30-,39-35-/t44?,45-/m1/s1. The van der Waals surface area contributed by atoms with Gasteiger partial charge < -0.3 is 24.4 Å². The summed E-state index contributed by atoms with van der Waals surface area (Å²) in [5.74, 6) is -1.01. The Morgan fingerprint density at radius 1 is 0.544 bits per heavy atom. The van der Waals surface area contributed by atoms with Crippen LogP contribution in [0.3, 0.4) is 0 Å². The summed E-state index contributed by atoms with van der Waals surface area (Å²) in [6.45, 7) is 3.56. The lowest BCUT2D eigenvalue weighted by Crippen LogP contribution is -2.29. The van der Waals surface area contributed by atoms with Crippen molar-refractivity contribution in [1.82, 2.24) is 0 Å². The lowest BCUT2D eigenvalue weighted by atomic mass is 10.0. The van der Waals surface area contributed by atoms with Crippen LogP contribution in [-0.2, 0) is 28.2 Å². The van der Waals surface area contributed by atoms with Crippen LogP contribution in [0, 0.1) is 0 Å². The Morgan fingerprint density at radius 2 is 1.02 bits per heavy atom. The van der Waals surface area contributed by atoms with Crippen molar-refractivity contribution in [3.8, 4) is 0 Å². The van der Waals surface area contributed by atoms with Crippen LogP contribution in [0.25, 0.3) is 0 Å². The summed E-state index contributed by atoms with van der Waals surface area (Å²) in [7, 11) is -4.79. The molecule has 0 rings (SSSR count). The number of aliphatic hydroxyl groups is 1. The van der Waals surface area contributed by atoms with E-state index >= 15 is 0 Å². The Bertz CT molecular complexity index is 1080. The van der Waals surface area contributed by atoms with Gasteiger partial charge in [-0.1, -0.05) is 204 Å². The number of rotatable bonds is 42. The molecule has 10 heteroatoms. The van der Waals surface area contributed by atoms with Gasteiger partial charge in [-0.05, 0) is 44.9 Å². The maximum atomic E-state index is 12.4. The van der Waals surface area contributed by atoms with E-state index in [0.717, 1.165) is 32.1 Å². The van der Waals surface area contributed by atoms with Crippen LogP contribution in [0.4, 0.5) is 0 Å². The maximum Gasteiger partial charge on any atom is 0.469 e. The summed E-state index contributed by atoms with van der Waals surface area (Å²) in [4.78, 5) is 42.9. The van der Waals surface area contributed by atoms with Crippen molar-refractivity contribution >= 4 is 19.8 Å². The predicted octanol–water partition coefficient (Wildman–Crippen LogP) is 13.3. The summed E-state index contributed by atoms with van der Waals surface area (Å²) >= 11 is 0. The van der Waals surface area contributed by atoms with E-state index in [-0.39, 0.29) is 19.4 Å². The number of phosphoric acid groups is 1. The lowest BCUT2D eigenvalue weighted by molar-refractivity contribution is -0.161. The van der Waals surface area contributed by atoms with E-state index in [9.17, 15) is 19.3 Å². The molecule has 0 aliphatic heterocycles. The zero-order valence-electron chi connectivity index (χ0n) is 36.3. The Labute approximate surface area is 348 Å². The Morgan fingerprint density at radius 3 is 1.56 bits per heavy atom. The van der Waals surface area contributed by atoms with E-state index in [4.69, 9.17) is 19.3 Å². The number of hydrogen-bond donors (Lipinski definition) is 3. The maximum absolute atomic E-state index is 12.4. The number of esters is 2. The van der Waals surface area contributed by atoms with Crippen molar-refractivity contribution in [3.05, 3.63) is 48.6 Å². The Hall–Kier alpha value is -2.03. The molecule has 2 atom stereocenters. The average Bonchev–Trinajstić information content (AvgIpc) is 3.18. The second-order valence-corrected chi connectivity index (χ2v) is 16.8. The third kappa shape index (κ3) is 44.9. The second-order valence-electron chi connectivity index (χ2n) is 15.6. The van der Waals surface area contributed by atoms with Gasteiger partial charge in [0.2, 0.25) is 0 Å². The van der Waals surface area contributed by atoms with Gasteiger partial charge in [0.25, 0.3) is 0 Å². The molecule has 0 saturated carbocycles. The van der Waals surface area contributed by atoms with Crippen molar-refractivity contribution in [1.29, 1.82) is 0 Å². The van der Waals surface area contributed by atoms with Gasteiger partial charge in [-0.2, -0.15) is 0 Å². The molecule has 1 unspecified atom stereocenters. The highest BCUT2D eigenvalue weighted by Crippen LogP contribution is 2.36. The zero-order valence-corrected chi connectivity index (χ0v) is 37.2. The molecule has 0 fully saturated rings.